The van der Waals surface area contributed by atoms with Crippen LogP contribution < -0.4 is 4.31 Å². The molecule has 5 nitrogen and oxygen atoms in total. The monoisotopic (exact) mass is 367 g/mol. The molecule has 0 spiro atoms. The molecular weight excluding hydrogens is 350 g/mol. The molecular formula is C17H18ClNO4S. The zero-order chi connectivity index (χ0) is 17.9. The molecule has 0 saturated heterocycles. The molecule has 2 aromatic rings. The number of methoxy groups -OCH3 is 1. The number of benzene rings is 2. The largest absolute Gasteiger partial charge is 0.468 e. The van der Waals surface area contributed by atoms with Crippen molar-refractivity contribution in [2.24, 2.45) is 0 Å². The lowest BCUT2D eigenvalue weighted by Gasteiger charge is -2.25. The fourth-order valence-corrected chi connectivity index (χ4v) is 3.82. The van der Waals surface area contributed by atoms with Crippen molar-refractivity contribution in [2.75, 3.05) is 18.0 Å². The van der Waals surface area contributed by atoms with E-state index in [2.05, 4.69) is 4.74 Å². The molecule has 0 aliphatic heterocycles. The summed E-state index contributed by atoms with van der Waals surface area (Å²) >= 11 is 6.11. The second-order valence-corrected chi connectivity index (χ2v) is 7.55. The van der Waals surface area contributed by atoms with Crippen LogP contribution in [0.3, 0.4) is 0 Å². The number of esters is 1. The second kappa shape index (κ2) is 7.23. The molecule has 0 aromatic heterocycles. The van der Waals surface area contributed by atoms with E-state index in [9.17, 15) is 13.2 Å². The van der Waals surface area contributed by atoms with Crippen molar-refractivity contribution in [3.63, 3.8) is 0 Å². The van der Waals surface area contributed by atoms with E-state index in [0.717, 1.165) is 9.87 Å². The van der Waals surface area contributed by atoms with Crippen molar-refractivity contribution in [3.8, 4) is 0 Å². The first-order chi connectivity index (χ1) is 11.3. The minimum Gasteiger partial charge on any atom is -0.468 e. The summed E-state index contributed by atoms with van der Waals surface area (Å²) in [5.41, 5.74) is 1.85. The van der Waals surface area contributed by atoms with Crippen molar-refractivity contribution in [2.45, 2.75) is 18.7 Å². The third kappa shape index (κ3) is 3.71. The lowest BCUT2D eigenvalue weighted by atomic mass is 10.2. The molecule has 0 aliphatic rings. The van der Waals surface area contributed by atoms with Crippen LogP contribution in [0, 0.1) is 13.8 Å². The Hall–Kier alpha value is -2.05. The average molecular weight is 368 g/mol. The van der Waals surface area contributed by atoms with E-state index in [0.29, 0.717) is 16.3 Å². The van der Waals surface area contributed by atoms with E-state index in [1.54, 1.807) is 37.3 Å². The molecule has 0 atom stereocenters. The van der Waals surface area contributed by atoms with Crippen LogP contribution in [-0.4, -0.2) is 28.0 Å². The first kappa shape index (κ1) is 18.3. The molecule has 0 N–H and O–H groups in total. The molecule has 0 amide bonds. The van der Waals surface area contributed by atoms with Gasteiger partial charge in [0.1, 0.15) is 6.54 Å². The third-order valence-electron chi connectivity index (χ3n) is 3.62. The molecule has 0 bridgehead atoms. The standard InChI is InChI=1S/C17H18ClNO4S/c1-12-7-9-14(10-8-12)24(21,22)19(11-17(20)23-3)16-6-4-5-15(18)13(16)2/h4-10H,11H2,1-3H3. The van der Waals surface area contributed by atoms with E-state index in [4.69, 9.17) is 11.6 Å². The minimum absolute atomic E-state index is 0.0939. The smallest absolute Gasteiger partial charge is 0.326 e. The fourth-order valence-electron chi connectivity index (χ4n) is 2.19. The minimum atomic E-state index is -3.94. The number of aryl methyl sites for hydroxylation is 1. The third-order valence-corrected chi connectivity index (χ3v) is 5.80. The molecule has 0 fully saturated rings. The summed E-state index contributed by atoms with van der Waals surface area (Å²) in [5.74, 6) is -0.662. The van der Waals surface area contributed by atoms with E-state index < -0.39 is 22.5 Å². The van der Waals surface area contributed by atoms with E-state index in [-0.39, 0.29) is 4.90 Å². The number of hydrogen-bond donors (Lipinski definition) is 0. The van der Waals surface area contributed by atoms with Gasteiger partial charge in [-0.2, -0.15) is 0 Å². The Balaban J connectivity index is 2.59. The number of ether oxygens (including phenoxy) is 1. The highest BCUT2D eigenvalue weighted by Gasteiger charge is 2.29. The highest BCUT2D eigenvalue weighted by atomic mass is 35.5. The summed E-state index contributed by atoms with van der Waals surface area (Å²) in [7, 11) is -2.73. The van der Waals surface area contributed by atoms with Gasteiger partial charge in [0.25, 0.3) is 10.0 Å². The number of halogens is 1. The summed E-state index contributed by atoms with van der Waals surface area (Å²) in [6.07, 6.45) is 0. The van der Waals surface area contributed by atoms with Crippen LogP contribution in [0.4, 0.5) is 5.69 Å². The van der Waals surface area contributed by atoms with Gasteiger partial charge in [0.15, 0.2) is 0 Å². The van der Waals surface area contributed by atoms with Crippen LogP contribution in [0.25, 0.3) is 0 Å². The Morgan fingerprint density at radius 3 is 2.33 bits per heavy atom. The van der Waals surface area contributed by atoms with Gasteiger partial charge in [0, 0.05) is 5.02 Å². The van der Waals surface area contributed by atoms with Gasteiger partial charge in [-0.25, -0.2) is 8.42 Å². The summed E-state index contributed by atoms with van der Waals surface area (Å²) in [4.78, 5) is 11.9. The zero-order valence-corrected chi connectivity index (χ0v) is 15.2. The van der Waals surface area contributed by atoms with Gasteiger partial charge >= 0.3 is 5.97 Å². The first-order valence-electron chi connectivity index (χ1n) is 7.18. The molecule has 7 heteroatoms. The fraction of sp³-hybridized carbons (Fsp3) is 0.235. The maximum atomic E-state index is 13.0. The van der Waals surface area contributed by atoms with Crippen LogP contribution >= 0.6 is 11.6 Å². The van der Waals surface area contributed by atoms with Crippen LogP contribution in [-0.2, 0) is 19.6 Å². The topological polar surface area (TPSA) is 63.7 Å². The number of rotatable bonds is 5. The Morgan fingerprint density at radius 1 is 1.12 bits per heavy atom. The number of hydrogen-bond acceptors (Lipinski definition) is 4. The van der Waals surface area contributed by atoms with E-state index in [1.165, 1.54) is 19.2 Å². The highest BCUT2D eigenvalue weighted by molar-refractivity contribution is 7.92. The maximum absolute atomic E-state index is 13.0. The molecule has 0 radical (unpaired) electrons. The van der Waals surface area contributed by atoms with Crippen molar-refractivity contribution in [1.29, 1.82) is 0 Å². The van der Waals surface area contributed by atoms with Gasteiger partial charge < -0.3 is 4.74 Å². The Kier molecular flexibility index (Phi) is 5.51. The summed E-state index contributed by atoms with van der Waals surface area (Å²) < 4.78 is 31.7. The zero-order valence-electron chi connectivity index (χ0n) is 13.6. The quantitative estimate of drug-likeness (QED) is 0.760. The van der Waals surface area contributed by atoms with Gasteiger partial charge in [-0.1, -0.05) is 35.4 Å². The van der Waals surface area contributed by atoms with Crippen molar-refractivity contribution >= 4 is 33.3 Å². The molecule has 128 valence electrons. The summed E-state index contributed by atoms with van der Waals surface area (Å²) in [5, 5.41) is 0.418. The molecule has 0 saturated carbocycles. The number of sulfonamides is 1. The molecule has 0 unspecified atom stereocenters. The SMILES string of the molecule is COC(=O)CN(c1cccc(Cl)c1C)S(=O)(=O)c1ccc(C)cc1. The van der Waals surface area contributed by atoms with Gasteiger partial charge in [0.05, 0.1) is 17.7 Å². The van der Waals surface area contributed by atoms with E-state index >= 15 is 0 Å². The number of carbonyl (C=O) groups is 1. The number of carbonyl (C=O) groups excluding carboxylic acids is 1. The Labute approximate surface area is 146 Å². The molecule has 2 aromatic carbocycles. The lowest BCUT2D eigenvalue weighted by molar-refractivity contribution is -0.138. The molecule has 0 heterocycles. The van der Waals surface area contributed by atoms with Gasteiger partial charge in [-0.05, 0) is 43.7 Å². The van der Waals surface area contributed by atoms with Crippen LogP contribution in [0.5, 0.6) is 0 Å². The normalized spacial score (nSPS) is 11.2. The average Bonchev–Trinajstić information content (AvgIpc) is 2.55. The predicted molar refractivity (Wildman–Crippen MR) is 93.9 cm³/mol. The van der Waals surface area contributed by atoms with Crippen molar-refractivity contribution < 1.29 is 17.9 Å². The highest BCUT2D eigenvalue weighted by Crippen LogP contribution is 2.30. The van der Waals surface area contributed by atoms with Crippen LogP contribution in [0.1, 0.15) is 11.1 Å². The van der Waals surface area contributed by atoms with Gasteiger partial charge in [-0.15, -0.1) is 0 Å². The van der Waals surface area contributed by atoms with Gasteiger partial charge in [-0.3, -0.25) is 9.10 Å². The van der Waals surface area contributed by atoms with Crippen molar-refractivity contribution in [3.05, 3.63) is 58.6 Å². The number of anilines is 1. The second-order valence-electron chi connectivity index (χ2n) is 5.28. The summed E-state index contributed by atoms with van der Waals surface area (Å²) in [6, 6.07) is 11.3. The van der Waals surface area contributed by atoms with Gasteiger partial charge in [0.2, 0.25) is 0 Å². The van der Waals surface area contributed by atoms with E-state index in [1.807, 2.05) is 6.92 Å². The Morgan fingerprint density at radius 2 is 1.75 bits per heavy atom. The predicted octanol–water partition coefficient (Wildman–Crippen LogP) is 3.33. The summed E-state index contributed by atoms with van der Waals surface area (Å²) in [6.45, 7) is 3.13. The molecule has 2 rings (SSSR count). The lowest BCUT2D eigenvalue weighted by Crippen LogP contribution is -2.36. The first-order valence-corrected chi connectivity index (χ1v) is 9.00. The molecule has 24 heavy (non-hydrogen) atoms. The maximum Gasteiger partial charge on any atom is 0.326 e. The van der Waals surface area contributed by atoms with Crippen molar-refractivity contribution in [1.82, 2.24) is 0 Å². The molecule has 0 aliphatic carbocycles. The number of nitrogens with zero attached hydrogens (tertiary/aromatic N) is 1. The van der Waals surface area contributed by atoms with Crippen LogP contribution in [0.15, 0.2) is 47.4 Å². The Bertz CT molecular complexity index is 847. The van der Waals surface area contributed by atoms with Crippen LogP contribution in [0.2, 0.25) is 5.02 Å².